The number of carbonyl (C=O) groups is 1. The van der Waals surface area contributed by atoms with E-state index in [2.05, 4.69) is 15.8 Å². The van der Waals surface area contributed by atoms with Gasteiger partial charge in [0.15, 0.2) is 0 Å². The molecule has 0 unspecified atom stereocenters. The lowest BCUT2D eigenvalue weighted by atomic mass is 10.1. The molecule has 1 fully saturated rings. The summed E-state index contributed by atoms with van der Waals surface area (Å²) in [7, 11) is 1.60. The van der Waals surface area contributed by atoms with E-state index in [-0.39, 0.29) is 5.91 Å². The number of amides is 1. The Kier molecular flexibility index (Phi) is 3.59. The Balaban J connectivity index is 2.10. The van der Waals surface area contributed by atoms with E-state index in [1.54, 1.807) is 7.11 Å². The van der Waals surface area contributed by atoms with Gasteiger partial charge in [-0.25, -0.2) is 0 Å². The van der Waals surface area contributed by atoms with Crippen molar-refractivity contribution in [3.05, 3.63) is 24.3 Å². The molecule has 90 valence electrons. The van der Waals surface area contributed by atoms with Crippen molar-refractivity contribution < 1.29 is 9.53 Å². The topological polar surface area (TPSA) is 62.7 Å². The predicted molar refractivity (Wildman–Crippen MR) is 66.3 cm³/mol. The van der Waals surface area contributed by atoms with E-state index < -0.39 is 0 Å². The number of para-hydroxylation sites is 2. The molecule has 1 aliphatic heterocycles. The Morgan fingerprint density at radius 3 is 3.00 bits per heavy atom. The first kappa shape index (κ1) is 11.4. The quantitative estimate of drug-likeness (QED) is 0.775. The number of methoxy groups -OCH3 is 1. The lowest BCUT2D eigenvalue weighted by Gasteiger charge is -2.14. The van der Waals surface area contributed by atoms with E-state index in [0.29, 0.717) is 17.9 Å². The van der Waals surface area contributed by atoms with Gasteiger partial charge in [-0.15, -0.1) is 0 Å². The third kappa shape index (κ3) is 2.75. The van der Waals surface area contributed by atoms with Gasteiger partial charge in [-0.05, 0) is 25.0 Å². The molecule has 0 spiro atoms. The van der Waals surface area contributed by atoms with Gasteiger partial charge in [0.1, 0.15) is 11.5 Å². The molecule has 5 heteroatoms. The van der Waals surface area contributed by atoms with Gasteiger partial charge in [0.25, 0.3) is 5.91 Å². The van der Waals surface area contributed by atoms with Crippen molar-refractivity contribution in [1.29, 1.82) is 0 Å². The highest BCUT2D eigenvalue weighted by molar-refractivity contribution is 6.39. The normalized spacial score (nSPS) is 17.7. The van der Waals surface area contributed by atoms with Crippen LogP contribution < -0.4 is 15.5 Å². The molecule has 0 atom stereocenters. The second kappa shape index (κ2) is 5.34. The molecular weight excluding hydrogens is 218 g/mol. The molecule has 0 bridgehead atoms. The van der Waals surface area contributed by atoms with Crippen molar-refractivity contribution in [1.82, 2.24) is 5.32 Å². The van der Waals surface area contributed by atoms with Crippen LogP contribution in [-0.2, 0) is 4.79 Å². The van der Waals surface area contributed by atoms with Gasteiger partial charge in [-0.1, -0.05) is 12.1 Å². The standard InChI is InChI=1S/C12H15N3O2/c1-17-11-7-3-2-5-9(11)14-15-10-6-4-8-13-12(10)16/h2-3,5,7,14H,4,6,8H2,1H3,(H,13,16). The van der Waals surface area contributed by atoms with E-state index in [1.807, 2.05) is 24.3 Å². The number of carbonyl (C=O) groups excluding carboxylic acids is 1. The molecule has 17 heavy (non-hydrogen) atoms. The Morgan fingerprint density at radius 1 is 1.41 bits per heavy atom. The molecule has 1 aliphatic rings. The van der Waals surface area contributed by atoms with Crippen LogP contribution in [-0.4, -0.2) is 25.3 Å². The molecule has 1 aromatic rings. The van der Waals surface area contributed by atoms with Gasteiger partial charge in [0, 0.05) is 6.54 Å². The second-order valence-electron chi connectivity index (χ2n) is 3.73. The van der Waals surface area contributed by atoms with Crippen LogP contribution in [0.4, 0.5) is 5.69 Å². The van der Waals surface area contributed by atoms with Gasteiger partial charge in [-0.3, -0.25) is 10.2 Å². The summed E-state index contributed by atoms with van der Waals surface area (Å²) >= 11 is 0. The summed E-state index contributed by atoms with van der Waals surface area (Å²) in [5, 5.41) is 6.87. The molecule has 0 radical (unpaired) electrons. The van der Waals surface area contributed by atoms with Crippen molar-refractivity contribution >= 4 is 17.3 Å². The maximum Gasteiger partial charge on any atom is 0.267 e. The number of benzene rings is 1. The van der Waals surface area contributed by atoms with Gasteiger partial charge >= 0.3 is 0 Å². The zero-order valence-corrected chi connectivity index (χ0v) is 9.69. The van der Waals surface area contributed by atoms with Gasteiger partial charge in [-0.2, -0.15) is 5.10 Å². The fraction of sp³-hybridized carbons (Fsp3) is 0.333. The molecule has 2 rings (SSSR count). The third-order valence-electron chi connectivity index (χ3n) is 2.56. The smallest absolute Gasteiger partial charge is 0.267 e. The number of hydrogen-bond donors (Lipinski definition) is 2. The molecule has 5 nitrogen and oxygen atoms in total. The third-order valence-corrected chi connectivity index (χ3v) is 2.56. The highest BCUT2D eigenvalue weighted by Crippen LogP contribution is 2.22. The maximum atomic E-state index is 11.5. The minimum absolute atomic E-state index is 0.0985. The number of nitrogens with zero attached hydrogens (tertiary/aromatic N) is 1. The first-order valence-corrected chi connectivity index (χ1v) is 5.55. The molecule has 2 N–H and O–H groups in total. The van der Waals surface area contributed by atoms with Crippen molar-refractivity contribution in [2.75, 3.05) is 19.1 Å². The summed E-state index contributed by atoms with van der Waals surface area (Å²) in [6.07, 6.45) is 1.63. The maximum absolute atomic E-state index is 11.5. The molecule has 1 saturated heterocycles. The second-order valence-corrected chi connectivity index (χ2v) is 3.73. The number of ether oxygens (including phenoxy) is 1. The fourth-order valence-electron chi connectivity index (χ4n) is 1.64. The molecule has 0 saturated carbocycles. The molecule has 0 aromatic heterocycles. The molecule has 1 amide bonds. The van der Waals surface area contributed by atoms with Gasteiger partial charge in [0.05, 0.1) is 12.8 Å². The number of hydrazone groups is 1. The summed E-state index contributed by atoms with van der Waals surface area (Å²) in [6.45, 7) is 0.729. The zero-order valence-electron chi connectivity index (χ0n) is 9.69. The summed E-state index contributed by atoms with van der Waals surface area (Å²) in [4.78, 5) is 11.5. The van der Waals surface area contributed by atoms with Crippen molar-refractivity contribution in [3.63, 3.8) is 0 Å². The average Bonchev–Trinajstić information content (AvgIpc) is 2.38. The van der Waals surface area contributed by atoms with E-state index >= 15 is 0 Å². The van der Waals surface area contributed by atoms with E-state index in [4.69, 9.17) is 4.74 Å². The summed E-state index contributed by atoms with van der Waals surface area (Å²) < 4.78 is 5.18. The number of nitrogens with one attached hydrogen (secondary N) is 2. The highest BCUT2D eigenvalue weighted by atomic mass is 16.5. The molecule has 0 aliphatic carbocycles. The minimum Gasteiger partial charge on any atom is -0.495 e. The highest BCUT2D eigenvalue weighted by Gasteiger charge is 2.15. The first-order chi connectivity index (χ1) is 8.31. The Morgan fingerprint density at radius 2 is 2.24 bits per heavy atom. The average molecular weight is 233 g/mol. The Bertz CT molecular complexity index is 443. The summed E-state index contributed by atoms with van der Waals surface area (Å²) in [5.74, 6) is 0.603. The van der Waals surface area contributed by atoms with E-state index in [1.165, 1.54) is 0 Å². The number of hydrogen-bond acceptors (Lipinski definition) is 4. The Labute approximate surface area is 99.9 Å². The fourth-order valence-corrected chi connectivity index (χ4v) is 1.64. The summed E-state index contributed by atoms with van der Waals surface area (Å²) in [6, 6.07) is 7.45. The Hall–Kier alpha value is -2.04. The van der Waals surface area contributed by atoms with Crippen LogP contribution in [0.25, 0.3) is 0 Å². The van der Waals surface area contributed by atoms with Crippen LogP contribution in [0.3, 0.4) is 0 Å². The van der Waals surface area contributed by atoms with Crippen LogP contribution in [0, 0.1) is 0 Å². The number of piperidine rings is 1. The lowest BCUT2D eigenvalue weighted by Crippen LogP contribution is -2.37. The van der Waals surface area contributed by atoms with Crippen LogP contribution in [0.5, 0.6) is 5.75 Å². The zero-order chi connectivity index (χ0) is 12.1. The minimum atomic E-state index is -0.0985. The lowest BCUT2D eigenvalue weighted by molar-refractivity contribution is -0.115. The molecular formula is C12H15N3O2. The SMILES string of the molecule is COc1ccccc1NN=C1CCCNC1=O. The first-order valence-electron chi connectivity index (χ1n) is 5.55. The van der Waals surface area contributed by atoms with Crippen LogP contribution in [0.1, 0.15) is 12.8 Å². The van der Waals surface area contributed by atoms with E-state index in [9.17, 15) is 4.79 Å². The predicted octanol–water partition coefficient (Wildman–Crippen LogP) is 1.37. The number of anilines is 1. The number of rotatable bonds is 3. The van der Waals surface area contributed by atoms with Crippen LogP contribution in [0.2, 0.25) is 0 Å². The van der Waals surface area contributed by atoms with Crippen molar-refractivity contribution in [3.8, 4) is 5.75 Å². The van der Waals surface area contributed by atoms with E-state index in [0.717, 1.165) is 18.7 Å². The largest absolute Gasteiger partial charge is 0.495 e. The van der Waals surface area contributed by atoms with Gasteiger partial charge in [0.2, 0.25) is 0 Å². The van der Waals surface area contributed by atoms with Crippen LogP contribution >= 0.6 is 0 Å². The molecule has 1 heterocycles. The monoisotopic (exact) mass is 233 g/mol. The molecule has 1 aromatic carbocycles. The van der Waals surface area contributed by atoms with Crippen molar-refractivity contribution in [2.45, 2.75) is 12.8 Å². The van der Waals surface area contributed by atoms with Crippen LogP contribution in [0.15, 0.2) is 29.4 Å². The van der Waals surface area contributed by atoms with Gasteiger partial charge < -0.3 is 10.1 Å². The summed E-state index contributed by atoms with van der Waals surface area (Å²) in [5.41, 5.74) is 4.15. The van der Waals surface area contributed by atoms with Crippen molar-refractivity contribution in [2.24, 2.45) is 5.10 Å².